The molecule has 0 bridgehead atoms. The second-order valence-electron chi connectivity index (χ2n) is 6.16. The first kappa shape index (κ1) is 18.8. The lowest BCUT2D eigenvalue weighted by molar-refractivity contribution is -0.115. The topological polar surface area (TPSA) is 76.9 Å². The van der Waals surface area contributed by atoms with Crippen molar-refractivity contribution in [1.29, 1.82) is 0 Å². The number of aryl methyl sites for hydroxylation is 1. The molecule has 0 spiro atoms. The van der Waals surface area contributed by atoms with E-state index in [1.54, 1.807) is 30.6 Å². The molecule has 2 aromatic carbocycles. The fraction of sp³-hybridized carbons (Fsp3) is 0.200. The number of thioether (sulfide) groups is 1. The standard InChI is InChI=1S/C20H20N4O2S/c1-13-7-4-5-10-18(13)24-12-21-23-20(24)27-15(3)19(26)22-17-9-6-8-16(11-17)14(2)25/h4-12,15H,1-3H3,(H,22,26). The quantitative estimate of drug-likeness (QED) is 0.518. The molecule has 0 radical (unpaired) electrons. The first-order valence-corrected chi connectivity index (χ1v) is 9.38. The average Bonchev–Trinajstić information content (AvgIpc) is 3.10. The Kier molecular flexibility index (Phi) is 5.71. The minimum atomic E-state index is -0.391. The number of para-hydroxylation sites is 1. The van der Waals surface area contributed by atoms with E-state index in [2.05, 4.69) is 15.5 Å². The number of ketones is 1. The van der Waals surface area contributed by atoms with Gasteiger partial charge in [0.1, 0.15) is 6.33 Å². The van der Waals surface area contributed by atoms with Gasteiger partial charge in [-0.3, -0.25) is 14.2 Å². The van der Waals surface area contributed by atoms with Crippen molar-refractivity contribution in [3.63, 3.8) is 0 Å². The van der Waals surface area contributed by atoms with Crippen LogP contribution >= 0.6 is 11.8 Å². The first-order valence-electron chi connectivity index (χ1n) is 8.50. The number of hydrogen-bond donors (Lipinski definition) is 1. The second kappa shape index (κ2) is 8.18. The van der Waals surface area contributed by atoms with Gasteiger partial charge in [-0.25, -0.2) is 0 Å². The van der Waals surface area contributed by atoms with Gasteiger partial charge in [0.25, 0.3) is 0 Å². The van der Waals surface area contributed by atoms with Crippen LogP contribution < -0.4 is 5.32 Å². The van der Waals surface area contributed by atoms with Crippen LogP contribution in [0.15, 0.2) is 60.0 Å². The van der Waals surface area contributed by atoms with Crippen molar-refractivity contribution in [3.05, 3.63) is 66.0 Å². The summed E-state index contributed by atoms with van der Waals surface area (Å²) >= 11 is 1.33. The van der Waals surface area contributed by atoms with Crippen molar-refractivity contribution >= 4 is 29.1 Å². The minimum absolute atomic E-state index is 0.0418. The van der Waals surface area contributed by atoms with Gasteiger partial charge in [-0.2, -0.15) is 0 Å². The Labute approximate surface area is 162 Å². The Bertz CT molecular complexity index is 983. The monoisotopic (exact) mass is 380 g/mol. The van der Waals surface area contributed by atoms with Crippen LogP contribution in [0.3, 0.4) is 0 Å². The SMILES string of the molecule is CC(=O)c1cccc(NC(=O)C(C)Sc2nncn2-c2ccccc2C)c1. The maximum absolute atomic E-state index is 12.6. The predicted molar refractivity (Wildman–Crippen MR) is 106 cm³/mol. The maximum atomic E-state index is 12.6. The Morgan fingerprint density at radius 1 is 1.15 bits per heavy atom. The van der Waals surface area contributed by atoms with Gasteiger partial charge in [-0.15, -0.1) is 10.2 Å². The summed E-state index contributed by atoms with van der Waals surface area (Å²) < 4.78 is 1.88. The summed E-state index contributed by atoms with van der Waals surface area (Å²) in [5.41, 5.74) is 3.23. The molecule has 0 aliphatic heterocycles. The molecule has 1 atom stereocenters. The summed E-state index contributed by atoms with van der Waals surface area (Å²) in [6, 6.07) is 14.8. The zero-order valence-corrected chi connectivity index (χ0v) is 16.2. The molecule has 1 unspecified atom stereocenters. The molecule has 1 amide bonds. The molecule has 6 nitrogen and oxygen atoms in total. The van der Waals surface area contributed by atoms with Crippen LogP contribution in [-0.4, -0.2) is 31.7 Å². The Balaban J connectivity index is 1.73. The van der Waals surface area contributed by atoms with E-state index in [1.807, 2.05) is 42.7 Å². The van der Waals surface area contributed by atoms with E-state index in [9.17, 15) is 9.59 Å². The van der Waals surface area contributed by atoms with Gasteiger partial charge in [-0.1, -0.05) is 42.1 Å². The maximum Gasteiger partial charge on any atom is 0.237 e. The lowest BCUT2D eigenvalue weighted by Crippen LogP contribution is -2.23. The van der Waals surface area contributed by atoms with Gasteiger partial charge in [0.05, 0.1) is 10.9 Å². The number of anilines is 1. The van der Waals surface area contributed by atoms with Gasteiger partial charge in [0.2, 0.25) is 5.91 Å². The number of aromatic nitrogens is 3. The third kappa shape index (κ3) is 4.43. The number of carbonyl (C=O) groups excluding carboxylic acids is 2. The molecule has 1 N–H and O–H groups in total. The van der Waals surface area contributed by atoms with E-state index in [1.165, 1.54) is 18.7 Å². The Hall–Kier alpha value is -2.93. The zero-order valence-electron chi connectivity index (χ0n) is 15.3. The van der Waals surface area contributed by atoms with Gasteiger partial charge < -0.3 is 5.32 Å². The number of nitrogens with zero attached hydrogens (tertiary/aromatic N) is 3. The van der Waals surface area contributed by atoms with E-state index in [0.29, 0.717) is 16.4 Å². The first-order chi connectivity index (χ1) is 13.0. The van der Waals surface area contributed by atoms with Crippen LogP contribution in [0.2, 0.25) is 0 Å². The molecule has 0 saturated heterocycles. The number of carbonyl (C=O) groups is 2. The number of Topliss-reactive ketones (excluding diaryl/α,β-unsaturated/α-hetero) is 1. The van der Waals surface area contributed by atoms with Crippen molar-refractivity contribution in [2.75, 3.05) is 5.32 Å². The highest BCUT2D eigenvalue weighted by molar-refractivity contribution is 8.00. The second-order valence-corrected chi connectivity index (χ2v) is 7.46. The molecule has 3 rings (SSSR count). The summed E-state index contributed by atoms with van der Waals surface area (Å²) in [4.78, 5) is 24.1. The summed E-state index contributed by atoms with van der Waals surface area (Å²) in [7, 11) is 0. The van der Waals surface area contributed by atoms with Crippen molar-refractivity contribution in [2.24, 2.45) is 0 Å². The fourth-order valence-electron chi connectivity index (χ4n) is 2.58. The largest absolute Gasteiger partial charge is 0.325 e. The van der Waals surface area contributed by atoms with Crippen LogP contribution in [-0.2, 0) is 4.79 Å². The molecular weight excluding hydrogens is 360 g/mol. The predicted octanol–water partition coefficient (Wildman–Crippen LogP) is 3.90. The average molecular weight is 380 g/mol. The van der Waals surface area contributed by atoms with Gasteiger partial charge in [-0.05, 0) is 44.5 Å². The Morgan fingerprint density at radius 2 is 1.93 bits per heavy atom. The number of benzene rings is 2. The summed E-state index contributed by atoms with van der Waals surface area (Å²) in [6.07, 6.45) is 1.64. The highest BCUT2D eigenvalue weighted by atomic mass is 32.2. The molecule has 0 aliphatic rings. The molecule has 7 heteroatoms. The smallest absolute Gasteiger partial charge is 0.237 e. The van der Waals surface area contributed by atoms with Crippen molar-refractivity contribution in [1.82, 2.24) is 14.8 Å². The highest BCUT2D eigenvalue weighted by Gasteiger charge is 2.19. The lowest BCUT2D eigenvalue weighted by Gasteiger charge is -2.13. The molecule has 138 valence electrons. The molecular formula is C20H20N4O2S. The molecule has 0 aliphatic carbocycles. The molecule has 27 heavy (non-hydrogen) atoms. The third-order valence-corrected chi connectivity index (χ3v) is 5.14. The van der Waals surface area contributed by atoms with Crippen LogP contribution in [0.25, 0.3) is 5.69 Å². The lowest BCUT2D eigenvalue weighted by atomic mass is 10.1. The van der Waals surface area contributed by atoms with Crippen LogP contribution in [0.1, 0.15) is 29.8 Å². The molecule has 0 saturated carbocycles. The summed E-state index contributed by atoms with van der Waals surface area (Å²) in [5, 5.41) is 11.2. The van der Waals surface area contributed by atoms with Crippen molar-refractivity contribution in [2.45, 2.75) is 31.2 Å². The summed E-state index contributed by atoms with van der Waals surface area (Å²) in [5.74, 6) is -0.208. The molecule has 3 aromatic rings. The summed E-state index contributed by atoms with van der Waals surface area (Å²) in [6.45, 7) is 5.32. The van der Waals surface area contributed by atoms with Crippen molar-refractivity contribution < 1.29 is 9.59 Å². The fourth-order valence-corrected chi connectivity index (χ4v) is 3.41. The van der Waals surface area contributed by atoms with Crippen LogP contribution in [0, 0.1) is 6.92 Å². The molecule has 0 fully saturated rings. The van der Waals surface area contributed by atoms with Gasteiger partial charge >= 0.3 is 0 Å². The normalized spacial score (nSPS) is 11.8. The van der Waals surface area contributed by atoms with E-state index >= 15 is 0 Å². The number of rotatable bonds is 6. The zero-order chi connectivity index (χ0) is 19.4. The molecule has 1 aromatic heterocycles. The minimum Gasteiger partial charge on any atom is -0.325 e. The van der Waals surface area contributed by atoms with E-state index in [4.69, 9.17) is 0 Å². The molecule has 1 heterocycles. The highest BCUT2D eigenvalue weighted by Crippen LogP contribution is 2.26. The third-order valence-electron chi connectivity index (χ3n) is 4.08. The van der Waals surface area contributed by atoms with Gasteiger partial charge in [0.15, 0.2) is 10.9 Å². The van der Waals surface area contributed by atoms with Crippen LogP contribution in [0.4, 0.5) is 5.69 Å². The van der Waals surface area contributed by atoms with Gasteiger partial charge in [0, 0.05) is 11.3 Å². The number of nitrogens with one attached hydrogen (secondary N) is 1. The van der Waals surface area contributed by atoms with Crippen molar-refractivity contribution in [3.8, 4) is 5.69 Å². The Morgan fingerprint density at radius 3 is 2.67 bits per heavy atom. The van der Waals surface area contributed by atoms with E-state index in [-0.39, 0.29) is 11.7 Å². The van der Waals surface area contributed by atoms with E-state index < -0.39 is 5.25 Å². The van der Waals surface area contributed by atoms with Crippen LogP contribution in [0.5, 0.6) is 0 Å². The number of amides is 1. The number of hydrogen-bond acceptors (Lipinski definition) is 5. The van der Waals surface area contributed by atoms with E-state index in [0.717, 1.165) is 11.3 Å².